The quantitative estimate of drug-likeness (QED) is 0.534. The number of phenolic OH excluding ortho intramolecular Hbond substituents is 1. The van der Waals surface area contributed by atoms with Crippen LogP contribution in [-0.4, -0.2) is 63.9 Å². The normalized spacial score (nSPS) is 18.2. The number of hydrogen-bond acceptors (Lipinski definition) is 6. The van der Waals surface area contributed by atoms with E-state index in [1.807, 2.05) is 36.4 Å². The molecule has 0 aliphatic carbocycles. The van der Waals surface area contributed by atoms with Crippen LogP contribution in [0.25, 0.3) is 0 Å². The molecule has 8 nitrogen and oxygen atoms in total. The summed E-state index contributed by atoms with van der Waals surface area (Å²) < 4.78 is 0. The van der Waals surface area contributed by atoms with Crippen molar-refractivity contribution in [2.75, 3.05) is 24.5 Å². The van der Waals surface area contributed by atoms with E-state index in [9.17, 15) is 24.9 Å². The molecule has 0 bridgehead atoms. The van der Waals surface area contributed by atoms with Gasteiger partial charge in [-0.25, -0.2) is 0 Å². The molecule has 170 valence electrons. The van der Waals surface area contributed by atoms with E-state index >= 15 is 0 Å². The van der Waals surface area contributed by atoms with Crippen molar-refractivity contribution in [3.8, 4) is 5.75 Å². The zero-order chi connectivity index (χ0) is 22.7. The van der Waals surface area contributed by atoms with Gasteiger partial charge in [0.05, 0.1) is 5.69 Å². The summed E-state index contributed by atoms with van der Waals surface area (Å²) in [5.41, 5.74) is 2.81. The van der Waals surface area contributed by atoms with Crippen molar-refractivity contribution in [3.63, 3.8) is 0 Å². The van der Waals surface area contributed by atoms with Crippen LogP contribution in [0.15, 0.2) is 48.5 Å². The molecule has 2 heterocycles. The first-order valence-electron chi connectivity index (χ1n) is 11.0. The first-order valence-corrected chi connectivity index (χ1v) is 11.0. The minimum atomic E-state index is -1.81. The van der Waals surface area contributed by atoms with Gasteiger partial charge in [-0.1, -0.05) is 36.4 Å². The molecule has 4 N–H and O–H groups in total. The van der Waals surface area contributed by atoms with Crippen LogP contribution in [0.3, 0.4) is 0 Å². The SMILES string of the molecule is O=C(NCC1CCN(c2ccccc2O)CC1)[C@H](O)[C@@H](O)C(=O)N1Cc2ccccc2C1. The minimum Gasteiger partial charge on any atom is -0.506 e. The molecule has 8 heteroatoms. The highest BCUT2D eigenvalue weighted by atomic mass is 16.3. The van der Waals surface area contributed by atoms with Gasteiger partial charge in [-0.2, -0.15) is 0 Å². The number of aromatic hydroxyl groups is 1. The number of nitrogens with zero attached hydrogens (tertiary/aromatic N) is 2. The molecule has 2 amide bonds. The van der Waals surface area contributed by atoms with Crippen LogP contribution >= 0.6 is 0 Å². The largest absolute Gasteiger partial charge is 0.506 e. The molecule has 32 heavy (non-hydrogen) atoms. The average molecular weight is 440 g/mol. The van der Waals surface area contributed by atoms with Crippen LogP contribution in [0.2, 0.25) is 0 Å². The smallest absolute Gasteiger partial charge is 0.255 e. The van der Waals surface area contributed by atoms with E-state index < -0.39 is 24.0 Å². The van der Waals surface area contributed by atoms with Crippen molar-refractivity contribution < 1.29 is 24.9 Å². The number of aliphatic hydroxyl groups is 2. The fraction of sp³-hybridized carbons (Fsp3) is 0.417. The van der Waals surface area contributed by atoms with E-state index in [2.05, 4.69) is 10.2 Å². The van der Waals surface area contributed by atoms with E-state index in [1.165, 1.54) is 4.90 Å². The number of rotatable bonds is 6. The topological polar surface area (TPSA) is 113 Å². The third-order valence-electron chi connectivity index (χ3n) is 6.38. The predicted molar refractivity (Wildman–Crippen MR) is 119 cm³/mol. The van der Waals surface area contributed by atoms with Crippen LogP contribution in [0.1, 0.15) is 24.0 Å². The Labute approximate surface area is 187 Å². The van der Waals surface area contributed by atoms with Crippen molar-refractivity contribution in [2.45, 2.75) is 38.1 Å². The van der Waals surface area contributed by atoms with Crippen molar-refractivity contribution in [3.05, 3.63) is 59.7 Å². The number of benzene rings is 2. The number of phenols is 1. The predicted octanol–water partition coefficient (Wildman–Crippen LogP) is 0.989. The molecule has 2 aromatic carbocycles. The maximum absolute atomic E-state index is 12.6. The fourth-order valence-electron chi connectivity index (χ4n) is 4.41. The molecule has 1 fully saturated rings. The highest BCUT2D eigenvalue weighted by molar-refractivity contribution is 5.90. The highest BCUT2D eigenvalue weighted by Gasteiger charge is 2.35. The maximum Gasteiger partial charge on any atom is 0.255 e. The van der Waals surface area contributed by atoms with Crippen molar-refractivity contribution in [1.29, 1.82) is 0 Å². The standard InChI is InChI=1S/C24H29N3O5/c28-20-8-4-3-7-19(20)26-11-9-16(10-12-26)13-25-23(31)21(29)22(30)24(32)27-14-17-5-1-2-6-18(17)15-27/h1-8,16,21-22,28-30H,9-15H2,(H,25,31)/t21-,22-/m1/s1. The number of carbonyl (C=O) groups excluding carboxylic acids is 2. The van der Waals surface area contributed by atoms with Gasteiger partial charge < -0.3 is 30.4 Å². The zero-order valence-corrected chi connectivity index (χ0v) is 17.9. The number of fused-ring (bicyclic) bond motifs is 1. The Kier molecular flexibility index (Phi) is 6.62. The second-order valence-corrected chi connectivity index (χ2v) is 8.52. The molecule has 0 unspecified atom stereocenters. The molecule has 2 aliphatic heterocycles. The second kappa shape index (κ2) is 9.58. The van der Waals surface area contributed by atoms with E-state index in [1.54, 1.807) is 12.1 Å². The first kappa shape index (κ1) is 22.1. The lowest BCUT2D eigenvalue weighted by Crippen LogP contribution is -2.50. The third kappa shape index (κ3) is 4.71. The second-order valence-electron chi connectivity index (χ2n) is 8.52. The Bertz CT molecular complexity index is 949. The monoisotopic (exact) mass is 439 g/mol. The Morgan fingerprint density at radius 3 is 2.16 bits per heavy atom. The number of amides is 2. The number of hydrogen-bond donors (Lipinski definition) is 4. The molecule has 2 aromatic rings. The molecule has 2 aliphatic rings. The number of aliphatic hydroxyl groups excluding tert-OH is 2. The summed E-state index contributed by atoms with van der Waals surface area (Å²) in [5.74, 6) is -0.929. The van der Waals surface area contributed by atoms with Crippen LogP contribution < -0.4 is 10.2 Å². The summed E-state index contributed by atoms with van der Waals surface area (Å²) >= 11 is 0. The summed E-state index contributed by atoms with van der Waals surface area (Å²) in [5, 5.41) is 33.2. The van der Waals surface area contributed by atoms with Crippen LogP contribution in [0, 0.1) is 5.92 Å². The number of para-hydroxylation sites is 2. The fourth-order valence-corrected chi connectivity index (χ4v) is 4.41. The summed E-state index contributed by atoms with van der Waals surface area (Å²) in [6.07, 6.45) is -1.98. The molecule has 2 atom stereocenters. The first-order chi connectivity index (χ1) is 15.4. The van der Waals surface area contributed by atoms with Gasteiger partial charge in [0, 0.05) is 32.7 Å². The molecule has 0 spiro atoms. The number of nitrogens with one attached hydrogen (secondary N) is 1. The van der Waals surface area contributed by atoms with Crippen molar-refractivity contribution in [2.24, 2.45) is 5.92 Å². The molecular weight excluding hydrogens is 410 g/mol. The Morgan fingerprint density at radius 1 is 0.938 bits per heavy atom. The van der Waals surface area contributed by atoms with E-state index in [0.717, 1.165) is 42.7 Å². The lowest BCUT2D eigenvalue weighted by atomic mass is 9.96. The molecular formula is C24H29N3O5. The van der Waals surface area contributed by atoms with Gasteiger partial charge in [0.25, 0.3) is 11.8 Å². The molecule has 0 saturated carbocycles. The van der Waals surface area contributed by atoms with Crippen molar-refractivity contribution in [1.82, 2.24) is 10.2 Å². The van der Waals surface area contributed by atoms with Gasteiger partial charge in [-0.05, 0) is 42.0 Å². The van der Waals surface area contributed by atoms with Crippen molar-refractivity contribution >= 4 is 17.5 Å². The maximum atomic E-state index is 12.6. The summed E-state index contributed by atoms with van der Waals surface area (Å²) in [6.45, 7) is 2.57. The van der Waals surface area contributed by atoms with Crippen LogP contribution in [-0.2, 0) is 22.7 Å². The Hall–Kier alpha value is -3.10. The van der Waals surface area contributed by atoms with Crippen LogP contribution in [0.5, 0.6) is 5.75 Å². The van der Waals surface area contributed by atoms with Gasteiger partial charge in [0.2, 0.25) is 0 Å². The van der Waals surface area contributed by atoms with Gasteiger partial charge in [0.1, 0.15) is 5.75 Å². The molecule has 0 aromatic heterocycles. The number of anilines is 1. The van der Waals surface area contributed by atoms with E-state index in [4.69, 9.17) is 0 Å². The summed E-state index contributed by atoms with van der Waals surface area (Å²) in [4.78, 5) is 28.5. The lowest BCUT2D eigenvalue weighted by Gasteiger charge is -2.34. The highest BCUT2D eigenvalue weighted by Crippen LogP contribution is 2.30. The van der Waals surface area contributed by atoms with Gasteiger partial charge in [-0.15, -0.1) is 0 Å². The zero-order valence-electron chi connectivity index (χ0n) is 17.9. The van der Waals surface area contributed by atoms with Crippen LogP contribution in [0.4, 0.5) is 5.69 Å². The van der Waals surface area contributed by atoms with Gasteiger partial charge in [-0.3, -0.25) is 9.59 Å². The molecule has 1 saturated heterocycles. The Balaban J connectivity index is 1.23. The Morgan fingerprint density at radius 2 is 1.53 bits per heavy atom. The molecule has 4 rings (SSSR count). The molecule has 0 radical (unpaired) electrons. The van der Waals surface area contributed by atoms with E-state index in [0.29, 0.717) is 19.6 Å². The lowest BCUT2D eigenvalue weighted by molar-refractivity contribution is -0.153. The van der Waals surface area contributed by atoms with Gasteiger partial charge >= 0.3 is 0 Å². The minimum absolute atomic E-state index is 0.217. The van der Waals surface area contributed by atoms with Gasteiger partial charge in [0.15, 0.2) is 12.2 Å². The number of piperidine rings is 1. The average Bonchev–Trinajstić information content (AvgIpc) is 3.26. The summed E-state index contributed by atoms with van der Waals surface area (Å²) in [6, 6.07) is 14.8. The van der Waals surface area contributed by atoms with E-state index in [-0.39, 0.29) is 11.7 Å². The summed E-state index contributed by atoms with van der Waals surface area (Å²) in [7, 11) is 0. The third-order valence-corrected chi connectivity index (χ3v) is 6.38. The number of carbonyl (C=O) groups is 2.